The second-order valence-electron chi connectivity index (χ2n) is 5.51. The average Bonchev–Trinajstić information content (AvgIpc) is 2.63. The lowest BCUT2D eigenvalue weighted by atomic mass is 10.0. The Labute approximate surface area is 115 Å². The summed E-state index contributed by atoms with van der Waals surface area (Å²) in [6.45, 7) is 4.39. The van der Waals surface area contributed by atoms with Crippen LogP contribution in [0.25, 0.3) is 0 Å². The molecular formula is C14H25N5. The highest BCUT2D eigenvalue weighted by Crippen LogP contribution is 2.25. The molecule has 1 aliphatic carbocycles. The van der Waals surface area contributed by atoms with Crippen molar-refractivity contribution >= 4 is 11.6 Å². The van der Waals surface area contributed by atoms with Crippen LogP contribution in [0.2, 0.25) is 0 Å². The van der Waals surface area contributed by atoms with Gasteiger partial charge < -0.3 is 10.7 Å². The van der Waals surface area contributed by atoms with E-state index in [2.05, 4.69) is 27.6 Å². The normalized spacial score (nSPS) is 23.7. The van der Waals surface area contributed by atoms with Gasteiger partial charge in [0, 0.05) is 18.5 Å². The smallest absolute Gasteiger partial charge is 0.145 e. The molecule has 106 valence electrons. The first-order valence-electron chi connectivity index (χ1n) is 7.32. The van der Waals surface area contributed by atoms with E-state index in [1.165, 1.54) is 32.1 Å². The van der Waals surface area contributed by atoms with Crippen LogP contribution in [0.4, 0.5) is 11.6 Å². The third-order valence-electron chi connectivity index (χ3n) is 3.85. The Morgan fingerprint density at radius 1 is 1.21 bits per heavy atom. The molecule has 19 heavy (non-hydrogen) atoms. The molecule has 4 N–H and O–H groups in total. The van der Waals surface area contributed by atoms with E-state index in [4.69, 9.17) is 5.84 Å². The predicted octanol–water partition coefficient (Wildman–Crippen LogP) is 2.71. The summed E-state index contributed by atoms with van der Waals surface area (Å²) >= 11 is 0. The lowest BCUT2D eigenvalue weighted by Crippen LogP contribution is -2.20. The topological polar surface area (TPSA) is 75.9 Å². The number of hydrogen-bond acceptors (Lipinski definition) is 5. The van der Waals surface area contributed by atoms with Gasteiger partial charge in [0.15, 0.2) is 0 Å². The maximum absolute atomic E-state index is 5.45. The molecule has 0 spiro atoms. The summed E-state index contributed by atoms with van der Waals surface area (Å²) in [5.74, 6) is 8.69. The standard InChI is InChI=1S/C14H25N5/c1-3-12-17-13(9-14(18-12)19-15)16-11-6-4-5-10(2)7-8-11/h9-11H,3-8,15H2,1-2H3,(H2,16,17,18,19). The summed E-state index contributed by atoms with van der Waals surface area (Å²) < 4.78 is 0. The molecule has 0 saturated heterocycles. The molecule has 0 aromatic carbocycles. The fourth-order valence-corrected chi connectivity index (χ4v) is 2.64. The number of anilines is 2. The Bertz CT molecular complexity index is 385. The number of aryl methyl sites for hydroxylation is 1. The molecule has 0 radical (unpaired) electrons. The molecule has 1 aliphatic rings. The average molecular weight is 263 g/mol. The van der Waals surface area contributed by atoms with E-state index in [0.717, 1.165) is 24.0 Å². The summed E-state index contributed by atoms with van der Waals surface area (Å²) in [4.78, 5) is 8.83. The number of nitrogen functional groups attached to an aromatic ring is 1. The molecule has 0 aliphatic heterocycles. The van der Waals surface area contributed by atoms with E-state index in [9.17, 15) is 0 Å². The van der Waals surface area contributed by atoms with Crippen LogP contribution in [0.1, 0.15) is 51.8 Å². The van der Waals surface area contributed by atoms with Crippen LogP contribution in [-0.2, 0) is 6.42 Å². The van der Waals surface area contributed by atoms with Crippen molar-refractivity contribution in [3.05, 3.63) is 11.9 Å². The molecule has 0 amide bonds. The fourth-order valence-electron chi connectivity index (χ4n) is 2.64. The van der Waals surface area contributed by atoms with E-state index in [-0.39, 0.29) is 0 Å². The summed E-state index contributed by atoms with van der Waals surface area (Å²) in [6, 6.07) is 2.41. The molecule has 5 nitrogen and oxygen atoms in total. The first-order valence-corrected chi connectivity index (χ1v) is 7.32. The largest absolute Gasteiger partial charge is 0.367 e. The van der Waals surface area contributed by atoms with Gasteiger partial charge in [0.2, 0.25) is 0 Å². The summed E-state index contributed by atoms with van der Waals surface area (Å²) in [7, 11) is 0. The Kier molecular flexibility index (Phi) is 4.96. The number of hydrogen-bond donors (Lipinski definition) is 3. The Morgan fingerprint density at radius 3 is 2.74 bits per heavy atom. The molecule has 1 fully saturated rings. The summed E-state index contributed by atoms with van der Waals surface area (Å²) in [5.41, 5.74) is 2.61. The third-order valence-corrected chi connectivity index (χ3v) is 3.85. The van der Waals surface area contributed by atoms with Gasteiger partial charge in [0.25, 0.3) is 0 Å². The zero-order chi connectivity index (χ0) is 13.7. The first-order chi connectivity index (χ1) is 9.21. The van der Waals surface area contributed by atoms with Gasteiger partial charge >= 0.3 is 0 Å². The van der Waals surface area contributed by atoms with Crippen LogP contribution >= 0.6 is 0 Å². The van der Waals surface area contributed by atoms with Gasteiger partial charge in [0.05, 0.1) is 0 Å². The number of hydrazine groups is 1. The summed E-state index contributed by atoms with van der Waals surface area (Å²) in [5, 5.41) is 3.54. The highest BCUT2D eigenvalue weighted by molar-refractivity contribution is 5.47. The quantitative estimate of drug-likeness (QED) is 0.442. The highest BCUT2D eigenvalue weighted by Gasteiger charge is 2.16. The third kappa shape index (κ3) is 4.06. The first kappa shape index (κ1) is 14.1. The van der Waals surface area contributed by atoms with Gasteiger partial charge in [-0.2, -0.15) is 0 Å². The van der Waals surface area contributed by atoms with E-state index in [0.29, 0.717) is 11.9 Å². The van der Waals surface area contributed by atoms with Crippen molar-refractivity contribution in [3.63, 3.8) is 0 Å². The molecule has 1 aromatic heterocycles. The minimum Gasteiger partial charge on any atom is -0.367 e. The van der Waals surface area contributed by atoms with Crippen LogP contribution in [0.5, 0.6) is 0 Å². The van der Waals surface area contributed by atoms with Gasteiger partial charge in [-0.05, 0) is 25.2 Å². The van der Waals surface area contributed by atoms with Gasteiger partial charge in [0.1, 0.15) is 17.5 Å². The fraction of sp³-hybridized carbons (Fsp3) is 0.714. The monoisotopic (exact) mass is 263 g/mol. The zero-order valence-electron chi connectivity index (χ0n) is 11.9. The van der Waals surface area contributed by atoms with Crippen LogP contribution in [0, 0.1) is 5.92 Å². The molecule has 1 aromatic rings. The van der Waals surface area contributed by atoms with Crippen LogP contribution < -0.4 is 16.6 Å². The predicted molar refractivity (Wildman–Crippen MR) is 78.9 cm³/mol. The molecule has 5 heteroatoms. The maximum Gasteiger partial charge on any atom is 0.145 e. The Morgan fingerprint density at radius 2 is 2.00 bits per heavy atom. The molecule has 0 bridgehead atoms. The van der Waals surface area contributed by atoms with Crippen molar-refractivity contribution in [1.29, 1.82) is 0 Å². The van der Waals surface area contributed by atoms with Crippen molar-refractivity contribution in [2.75, 3.05) is 10.7 Å². The number of nitrogens with one attached hydrogen (secondary N) is 2. The van der Waals surface area contributed by atoms with E-state index < -0.39 is 0 Å². The number of rotatable bonds is 4. The van der Waals surface area contributed by atoms with E-state index in [1.54, 1.807) is 0 Å². The zero-order valence-corrected chi connectivity index (χ0v) is 11.9. The summed E-state index contributed by atoms with van der Waals surface area (Å²) in [6.07, 6.45) is 7.20. The minimum atomic E-state index is 0.523. The lowest BCUT2D eigenvalue weighted by Gasteiger charge is -2.18. The van der Waals surface area contributed by atoms with Gasteiger partial charge in [-0.3, -0.25) is 0 Å². The SMILES string of the molecule is CCc1nc(NN)cc(NC2CCCC(C)CC2)n1. The van der Waals surface area contributed by atoms with Gasteiger partial charge in [-0.25, -0.2) is 15.8 Å². The molecule has 2 atom stereocenters. The van der Waals surface area contributed by atoms with Crippen molar-refractivity contribution in [2.24, 2.45) is 11.8 Å². The number of aromatic nitrogens is 2. The van der Waals surface area contributed by atoms with E-state index in [1.807, 2.05) is 13.0 Å². The Hall–Kier alpha value is -1.36. The second-order valence-corrected chi connectivity index (χ2v) is 5.51. The van der Waals surface area contributed by atoms with E-state index >= 15 is 0 Å². The van der Waals surface area contributed by atoms with Crippen LogP contribution in [0.3, 0.4) is 0 Å². The molecule has 2 unspecified atom stereocenters. The minimum absolute atomic E-state index is 0.523. The van der Waals surface area contributed by atoms with Gasteiger partial charge in [-0.15, -0.1) is 0 Å². The van der Waals surface area contributed by atoms with Crippen molar-refractivity contribution in [1.82, 2.24) is 9.97 Å². The lowest BCUT2D eigenvalue weighted by molar-refractivity contribution is 0.502. The molecule has 2 rings (SSSR count). The molecule has 1 heterocycles. The van der Waals surface area contributed by atoms with Crippen molar-refractivity contribution < 1.29 is 0 Å². The number of nitrogens with two attached hydrogens (primary N) is 1. The molecule has 1 saturated carbocycles. The molecular weight excluding hydrogens is 238 g/mol. The number of nitrogens with zero attached hydrogens (tertiary/aromatic N) is 2. The van der Waals surface area contributed by atoms with Gasteiger partial charge in [-0.1, -0.05) is 26.7 Å². The van der Waals surface area contributed by atoms with Crippen molar-refractivity contribution in [3.8, 4) is 0 Å². The second kappa shape index (κ2) is 6.70. The van der Waals surface area contributed by atoms with Crippen LogP contribution in [0.15, 0.2) is 6.07 Å². The van der Waals surface area contributed by atoms with Crippen LogP contribution in [-0.4, -0.2) is 16.0 Å². The van der Waals surface area contributed by atoms with Crippen molar-refractivity contribution in [2.45, 2.75) is 58.4 Å². The highest BCUT2D eigenvalue weighted by atomic mass is 15.3. The maximum atomic E-state index is 5.45. The Balaban J connectivity index is 2.05.